The van der Waals surface area contributed by atoms with Crippen molar-refractivity contribution < 1.29 is 0 Å². The van der Waals surface area contributed by atoms with Gasteiger partial charge in [-0.05, 0) is 37.8 Å². The maximum absolute atomic E-state index is 3.46. The van der Waals surface area contributed by atoms with Crippen molar-refractivity contribution in [1.82, 2.24) is 4.72 Å². The van der Waals surface area contributed by atoms with Crippen LogP contribution in [-0.2, 0) is 0 Å². The summed E-state index contributed by atoms with van der Waals surface area (Å²) in [6.07, 6.45) is 9.39. The maximum atomic E-state index is 3.46. The first kappa shape index (κ1) is 9.31. The van der Waals surface area contributed by atoms with Crippen LogP contribution in [0.1, 0.15) is 6.92 Å². The topological polar surface area (TPSA) is 12.0 Å². The van der Waals surface area contributed by atoms with Gasteiger partial charge in [-0.25, -0.2) is 8.48 Å². The molecule has 1 nitrogen and oxygen atoms in total. The average Bonchev–Trinajstić information content (AvgIpc) is 1.67. The molecule has 0 fully saturated rings. The van der Waals surface area contributed by atoms with Crippen LogP contribution in [0.5, 0.6) is 0 Å². The third-order valence-corrected chi connectivity index (χ3v) is 6.78. The van der Waals surface area contributed by atoms with Gasteiger partial charge in [0.2, 0.25) is 0 Å². The molecule has 0 atom stereocenters. The van der Waals surface area contributed by atoms with Crippen LogP contribution in [0.4, 0.5) is 0 Å². The zero-order valence-electron chi connectivity index (χ0n) is 7.62. The molecule has 1 N–H and O–H groups in total. The van der Waals surface area contributed by atoms with Crippen molar-refractivity contribution in [2.75, 3.05) is 37.8 Å². The molecule has 0 saturated carbocycles. The summed E-state index contributed by atoms with van der Waals surface area (Å²) in [6.45, 7) is 2.25. The molecule has 0 aromatic carbocycles. The fourth-order valence-electron chi connectivity index (χ4n) is 0.144. The van der Waals surface area contributed by atoms with E-state index in [-0.39, 0.29) is 0 Å². The fourth-order valence-corrected chi connectivity index (χ4v) is 0.433. The summed E-state index contributed by atoms with van der Waals surface area (Å²) in [5, 5.41) is 0. The van der Waals surface area contributed by atoms with Crippen LogP contribution >= 0.6 is 8.48 Å². The lowest BCUT2D eigenvalue weighted by atomic mass is 11.0. The Labute approximate surface area is 58.6 Å². The van der Waals surface area contributed by atoms with Gasteiger partial charge >= 0.3 is 0 Å². The van der Waals surface area contributed by atoms with E-state index in [1.165, 1.54) is 5.75 Å². The summed E-state index contributed by atoms with van der Waals surface area (Å²) in [5.41, 5.74) is 0. The Morgan fingerprint density at radius 2 is 1.44 bits per heavy atom. The van der Waals surface area contributed by atoms with E-state index >= 15 is 0 Å². The van der Waals surface area contributed by atoms with E-state index in [1.807, 2.05) is 0 Å². The summed E-state index contributed by atoms with van der Waals surface area (Å²) in [4.78, 5) is 0. The second kappa shape index (κ2) is 1.48. The van der Waals surface area contributed by atoms with Crippen molar-refractivity contribution in [2.24, 2.45) is 0 Å². The largest absolute Gasteiger partial charge is 0.298 e. The molecule has 0 rings (SSSR count). The van der Waals surface area contributed by atoms with Gasteiger partial charge in [-0.1, -0.05) is 6.92 Å². The molecule has 0 saturated heterocycles. The molecule has 0 spiro atoms. The predicted molar refractivity (Wildman–Crippen MR) is 50.9 cm³/mol. The van der Waals surface area contributed by atoms with E-state index in [2.05, 4.69) is 43.7 Å². The molecule has 0 aliphatic carbocycles. The number of rotatable bonds is 2. The molecule has 0 radical (unpaired) electrons. The van der Waals surface area contributed by atoms with Crippen LogP contribution in [0.3, 0.4) is 0 Å². The maximum Gasteiger partial charge on any atom is -0.00856 e. The van der Waals surface area contributed by atoms with Crippen molar-refractivity contribution in [3.8, 4) is 0 Å². The molecule has 2 heteroatoms. The highest BCUT2D eigenvalue weighted by atomic mass is 32.4. The van der Waals surface area contributed by atoms with Crippen molar-refractivity contribution in [3.05, 3.63) is 0 Å². The predicted octanol–water partition coefficient (Wildman–Crippen LogP) is 1.54. The van der Waals surface area contributed by atoms with Crippen LogP contribution in [0.25, 0.3) is 0 Å². The highest BCUT2D eigenvalue weighted by Gasteiger charge is 2.37. The zero-order chi connectivity index (χ0) is 7.82. The number of hydrogen-bond donors (Lipinski definition) is 1. The molecule has 0 unspecified atom stereocenters. The molecule has 0 heterocycles. The molecular formula is C7H21NS. The van der Waals surface area contributed by atoms with E-state index in [1.54, 1.807) is 0 Å². The van der Waals surface area contributed by atoms with Crippen LogP contribution in [-0.4, -0.2) is 37.8 Å². The van der Waals surface area contributed by atoms with E-state index in [4.69, 9.17) is 0 Å². The van der Waals surface area contributed by atoms with Crippen molar-refractivity contribution in [2.45, 2.75) is 6.92 Å². The second-order valence-corrected chi connectivity index (χ2v) is 15.2. The lowest BCUT2D eigenvalue weighted by Crippen LogP contribution is -2.44. The molecule has 0 amide bonds. The summed E-state index contributed by atoms with van der Waals surface area (Å²) >= 11 is 0. The van der Waals surface area contributed by atoms with Gasteiger partial charge < -0.3 is 0 Å². The summed E-state index contributed by atoms with van der Waals surface area (Å²) in [6, 6.07) is 0. The monoisotopic (exact) mass is 151 g/mol. The average molecular weight is 151 g/mol. The van der Waals surface area contributed by atoms with Crippen molar-refractivity contribution in [1.29, 1.82) is 0 Å². The fraction of sp³-hybridized carbons (Fsp3) is 1.00. The van der Waals surface area contributed by atoms with E-state index in [0.29, 0.717) is 0 Å². The smallest absolute Gasteiger partial charge is 0.00856 e. The SMILES string of the molecule is CCS(C)(C)(C)(C)NC. The third kappa shape index (κ3) is 3.11. The van der Waals surface area contributed by atoms with Gasteiger partial charge in [0, 0.05) is 0 Å². The summed E-state index contributed by atoms with van der Waals surface area (Å²) in [5.74, 6) is 1.23. The lowest BCUT2D eigenvalue weighted by molar-refractivity contribution is 1.17. The Kier molecular flexibility index (Phi) is 1.53. The van der Waals surface area contributed by atoms with Crippen LogP contribution < -0.4 is 4.72 Å². The van der Waals surface area contributed by atoms with Gasteiger partial charge in [-0.3, -0.25) is 4.72 Å². The molecule has 0 aliphatic heterocycles. The van der Waals surface area contributed by atoms with E-state index in [0.717, 1.165) is 0 Å². The lowest BCUT2D eigenvalue weighted by Gasteiger charge is -2.69. The van der Waals surface area contributed by atoms with Crippen molar-refractivity contribution in [3.63, 3.8) is 0 Å². The first-order valence-corrected chi connectivity index (χ1v) is 7.58. The van der Waals surface area contributed by atoms with E-state index < -0.39 is 8.48 Å². The molecule has 9 heavy (non-hydrogen) atoms. The van der Waals surface area contributed by atoms with Crippen LogP contribution in [0.15, 0.2) is 0 Å². The minimum absolute atomic E-state index is 1.23. The van der Waals surface area contributed by atoms with Gasteiger partial charge in [0.05, 0.1) is 0 Å². The Balaban J connectivity index is 4.64. The Hall–Kier alpha value is 0.310. The van der Waals surface area contributed by atoms with Crippen molar-refractivity contribution >= 4 is 8.48 Å². The minimum Gasteiger partial charge on any atom is -0.298 e. The summed E-state index contributed by atoms with van der Waals surface area (Å²) < 4.78 is 3.46. The quantitative estimate of drug-likeness (QED) is 0.631. The highest BCUT2D eigenvalue weighted by Crippen LogP contribution is 2.73. The minimum atomic E-state index is -1.78. The normalized spacial score (nSPS) is 20.7. The first-order valence-electron chi connectivity index (χ1n) is 3.33. The Morgan fingerprint density at radius 3 is 1.44 bits per heavy atom. The molecule has 0 aliphatic rings. The van der Waals surface area contributed by atoms with Crippen LogP contribution in [0, 0.1) is 0 Å². The molecule has 60 valence electrons. The summed E-state index contributed by atoms with van der Waals surface area (Å²) in [7, 11) is 0.280. The number of nitrogens with one attached hydrogen (secondary N) is 1. The van der Waals surface area contributed by atoms with Gasteiger partial charge in [0.15, 0.2) is 0 Å². The first-order chi connectivity index (χ1) is 3.62. The van der Waals surface area contributed by atoms with Gasteiger partial charge in [0.25, 0.3) is 0 Å². The molecule has 0 aromatic heterocycles. The molecule has 0 bridgehead atoms. The Morgan fingerprint density at radius 1 is 1.11 bits per heavy atom. The van der Waals surface area contributed by atoms with Gasteiger partial charge in [0.1, 0.15) is 0 Å². The van der Waals surface area contributed by atoms with Gasteiger partial charge in [-0.15, -0.1) is 0 Å². The second-order valence-electron chi connectivity index (χ2n) is 5.06. The highest BCUT2D eigenvalue weighted by molar-refractivity contribution is 8.61. The standard InChI is InChI=1S/C7H21NS/c1-7-9(3,4,5,6)8-2/h8H,7H2,1-6H3. The van der Waals surface area contributed by atoms with Crippen LogP contribution in [0.2, 0.25) is 0 Å². The van der Waals surface area contributed by atoms with Gasteiger partial charge in [-0.2, -0.15) is 0 Å². The Bertz CT molecular complexity index is 106. The third-order valence-electron chi connectivity index (χ3n) is 2.26. The number of hydrogen-bond acceptors (Lipinski definition) is 1. The molecular weight excluding hydrogens is 130 g/mol. The molecule has 0 aromatic rings. The van der Waals surface area contributed by atoms with E-state index in [9.17, 15) is 0 Å². The zero-order valence-corrected chi connectivity index (χ0v) is 8.43.